The molecule has 5 nitrogen and oxygen atoms in total. The Hall–Kier alpha value is -2.40. The van der Waals surface area contributed by atoms with Gasteiger partial charge in [0.05, 0.1) is 0 Å². The lowest BCUT2D eigenvalue weighted by molar-refractivity contribution is 0.0982. The molecule has 0 aliphatic carbocycles. The maximum absolute atomic E-state index is 12.6. The molecule has 0 saturated carbocycles. The first-order valence-corrected chi connectivity index (χ1v) is 6.90. The van der Waals surface area contributed by atoms with Crippen molar-refractivity contribution in [2.75, 3.05) is 18.0 Å². The zero-order chi connectivity index (χ0) is 15.2. The van der Waals surface area contributed by atoms with Gasteiger partial charge in [0, 0.05) is 18.3 Å². The third-order valence-electron chi connectivity index (χ3n) is 3.18. The number of hydrogen-bond donors (Lipinski definition) is 2. The average molecular weight is 285 g/mol. The predicted octanol–water partition coefficient (Wildman–Crippen LogP) is 1.68. The van der Waals surface area contributed by atoms with Crippen LogP contribution in [0.2, 0.25) is 0 Å². The van der Waals surface area contributed by atoms with Gasteiger partial charge in [-0.05, 0) is 38.1 Å². The van der Waals surface area contributed by atoms with Crippen molar-refractivity contribution in [1.82, 2.24) is 4.98 Å². The summed E-state index contributed by atoms with van der Waals surface area (Å²) in [6, 6.07) is 12.2. The molecule has 110 valence electrons. The first kappa shape index (κ1) is 15.0. The van der Waals surface area contributed by atoms with Gasteiger partial charge in [0.25, 0.3) is 5.91 Å². The zero-order valence-electron chi connectivity index (χ0n) is 12.0. The normalized spacial score (nSPS) is 10.4. The molecule has 2 aromatic rings. The van der Waals surface area contributed by atoms with E-state index in [0.29, 0.717) is 19.5 Å². The molecule has 1 heterocycles. The number of aromatic nitrogens is 1. The Morgan fingerprint density at radius 3 is 2.52 bits per heavy atom. The van der Waals surface area contributed by atoms with Crippen LogP contribution >= 0.6 is 0 Å². The second kappa shape index (κ2) is 6.85. The second-order valence-electron chi connectivity index (χ2n) is 4.86. The summed E-state index contributed by atoms with van der Waals surface area (Å²) >= 11 is 0. The van der Waals surface area contributed by atoms with Gasteiger partial charge >= 0.3 is 0 Å². The van der Waals surface area contributed by atoms with E-state index >= 15 is 0 Å². The van der Waals surface area contributed by atoms with E-state index in [1.807, 2.05) is 31.2 Å². The lowest BCUT2D eigenvalue weighted by Gasteiger charge is -2.22. The molecule has 0 spiro atoms. The van der Waals surface area contributed by atoms with Gasteiger partial charge in [0.1, 0.15) is 5.69 Å². The lowest BCUT2D eigenvalue weighted by atomic mass is 10.2. The standard InChI is InChI=1S/C16H19N3O2/c1-12-6-8-13(9-7-12)19(11-3-10-17)16(21)14-4-2-5-15(20)18-14/h2,4-9H,3,10-11,17H2,1H3,(H,18,20). The van der Waals surface area contributed by atoms with E-state index in [9.17, 15) is 9.59 Å². The van der Waals surface area contributed by atoms with Crippen molar-refractivity contribution in [3.05, 3.63) is 64.1 Å². The van der Waals surface area contributed by atoms with Crippen molar-refractivity contribution in [3.8, 4) is 0 Å². The van der Waals surface area contributed by atoms with E-state index in [4.69, 9.17) is 5.73 Å². The van der Waals surface area contributed by atoms with Crippen molar-refractivity contribution >= 4 is 11.6 Å². The van der Waals surface area contributed by atoms with Crippen LogP contribution in [0.15, 0.2) is 47.3 Å². The molecule has 0 atom stereocenters. The number of pyridine rings is 1. The van der Waals surface area contributed by atoms with Crippen LogP contribution in [0, 0.1) is 6.92 Å². The van der Waals surface area contributed by atoms with E-state index < -0.39 is 0 Å². The fourth-order valence-corrected chi connectivity index (χ4v) is 2.04. The maximum Gasteiger partial charge on any atom is 0.274 e. The molecule has 1 aromatic carbocycles. The smallest absolute Gasteiger partial charge is 0.274 e. The summed E-state index contributed by atoms with van der Waals surface area (Å²) in [5.74, 6) is -0.231. The van der Waals surface area contributed by atoms with Crippen LogP contribution in [-0.4, -0.2) is 24.0 Å². The quantitative estimate of drug-likeness (QED) is 0.877. The first-order chi connectivity index (χ1) is 10.1. The number of anilines is 1. The molecule has 0 bridgehead atoms. The Morgan fingerprint density at radius 1 is 1.19 bits per heavy atom. The molecule has 0 aliphatic rings. The van der Waals surface area contributed by atoms with Crippen LogP contribution in [0.5, 0.6) is 0 Å². The summed E-state index contributed by atoms with van der Waals surface area (Å²) in [6.07, 6.45) is 0.691. The molecule has 21 heavy (non-hydrogen) atoms. The molecule has 3 N–H and O–H groups in total. The molecule has 0 aliphatic heterocycles. The van der Waals surface area contributed by atoms with E-state index in [0.717, 1.165) is 11.3 Å². The van der Waals surface area contributed by atoms with Gasteiger partial charge in [-0.2, -0.15) is 0 Å². The number of aryl methyl sites for hydroxylation is 1. The predicted molar refractivity (Wildman–Crippen MR) is 83.6 cm³/mol. The van der Waals surface area contributed by atoms with Gasteiger partial charge in [0.2, 0.25) is 5.56 Å². The third-order valence-corrected chi connectivity index (χ3v) is 3.18. The maximum atomic E-state index is 12.6. The molecule has 2 rings (SSSR count). The minimum absolute atomic E-state index is 0.231. The molecule has 1 aromatic heterocycles. The minimum atomic E-state index is -0.288. The van der Waals surface area contributed by atoms with Crippen LogP contribution < -0.4 is 16.2 Å². The van der Waals surface area contributed by atoms with Crippen LogP contribution in [0.3, 0.4) is 0 Å². The largest absolute Gasteiger partial charge is 0.330 e. The topological polar surface area (TPSA) is 79.2 Å². The number of carbonyl (C=O) groups excluding carboxylic acids is 1. The number of carbonyl (C=O) groups is 1. The van der Waals surface area contributed by atoms with Crippen LogP contribution in [-0.2, 0) is 0 Å². The Balaban J connectivity index is 2.33. The summed E-state index contributed by atoms with van der Waals surface area (Å²) in [7, 11) is 0. The highest BCUT2D eigenvalue weighted by atomic mass is 16.2. The summed E-state index contributed by atoms with van der Waals surface area (Å²) in [5, 5.41) is 0. The second-order valence-corrected chi connectivity index (χ2v) is 4.86. The zero-order valence-corrected chi connectivity index (χ0v) is 12.0. The van der Waals surface area contributed by atoms with Crippen LogP contribution in [0.4, 0.5) is 5.69 Å². The van der Waals surface area contributed by atoms with E-state index in [1.54, 1.807) is 17.0 Å². The van der Waals surface area contributed by atoms with Gasteiger partial charge < -0.3 is 15.6 Å². The fourth-order valence-electron chi connectivity index (χ4n) is 2.04. The average Bonchev–Trinajstić information content (AvgIpc) is 2.49. The lowest BCUT2D eigenvalue weighted by Crippen LogP contribution is -2.34. The minimum Gasteiger partial charge on any atom is -0.330 e. The van der Waals surface area contributed by atoms with Crippen molar-refractivity contribution in [3.63, 3.8) is 0 Å². The fraction of sp³-hybridized carbons (Fsp3) is 0.250. The molecule has 0 fully saturated rings. The molecular formula is C16H19N3O2. The van der Waals surface area contributed by atoms with E-state index in [1.165, 1.54) is 6.07 Å². The number of nitrogens with zero attached hydrogens (tertiary/aromatic N) is 1. The molecule has 0 radical (unpaired) electrons. The molecule has 0 saturated heterocycles. The monoisotopic (exact) mass is 285 g/mol. The number of aromatic amines is 1. The van der Waals surface area contributed by atoms with Crippen molar-refractivity contribution in [2.45, 2.75) is 13.3 Å². The van der Waals surface area contributed by atoms with Crippen LogP contribution in [0.25, 0.3) is 0 Å². The third kappa shape index (κ3) is 3.79. The Bertz CT molecular complexity index is 662. The highest BCUT2D eigenvalue weighted by Crippen LogP contribution is 2.17. The van der Waals surface area contributed by atoms with Crippen molar-refractivity contribution in [2.24, 2.45) is 5.73 Å². The SMILES string of the molecule is Cc1ccc(N(CCCN)C(=O)c2cccc(=O)[nH]2)cc1. The van der Waals surface area contributed by atoms with E-state index in [-0.39, 0.29) is 17.2 Å². The number of nitrogens with one attached hydrogen (secondary N) is 1. The summed E-state index contributed by atoms with van der Waals surface area (Å²) in [4.78, 5) is 28.2. The van der Waals surface area contributed by atoms with Gasteiger partial charge in [-0.1, -0.05) is 23.8 Å². The summed E-state index contributed by atoms with van der Waals surface area (Å²) in [6.45, 7) is 3.00. The van der Waals surface area contributed by atoms with Gasteiger partial charge in [0.15, 0.2) is 0 Å². The molecule has 5 heteroatoms. The van der Waals surface area contributed by atoms with E-state index in [2.05, 4.69) is 4.98 Å². The highest BCUT2D eigenvalue weighted by Gasteiger charge is 2.17. The number of rotatable bonds is 5. The number of H-pyrrole nitrogens is 1. The number of benzene rings is 1. The number of hydrogen-bond acceptors (Lipinski definition) is 3. The Labute approximate surface area is 123 Å². The molecule has 1 amide bonds. The van der Waals surface area contributed by atoms with Gasteiger partial charge in [-0.15, -0.1) is 0 Å². The van der Waals surface area contributed by atoms with Gasteiger partial charge in [-0.3, -0.25) is 9.59 Å². The summed E-state index contributed by atoms with van der Waals surface area (Å²) in [5.41, 5.74) is 7.45. The molecular weight excluding hydrogens is 266 g/mol. The Kier molecular flexibility index (Phi) is 4.90. The van der Waals surface area contributed by atoms with Crippen LogP contribution in [0.1, 0.15) is 22.5 Å². The Morgan fingerprint density at radius 2 is 1.90 bits per heavy atom. The van der Waals surface area contributed by atoms with Gasteiger partial charge in [-0.25, -0.2) is 0 Å². The first-order valence-electron chi connectivity index (χ1n) is 6.90. The number of nitrogens with two attached hydrogens (primary N) is 1. The van der Waals surface area contributed by atoms with Crippen molar-refractivity contribution in [1.29, 1.82) is 0 Å². The molecule has 0 unspecified atom stereocenters. The summed E-state index contributed by atoms with van der Waals surface area (Å²) < 4.78 is 0. The van der Waals surface area contributed by atoms with Crippen molar-refractivity contribution < 1.29 is 4.79 Å². The highest BCUT2D eigenvalue weighted by molar-refractivity contribution is 6.04. The number of amides is 1.